The van der Waals surface area contributed by atoms with E-state index in [-0.39, 0.29) is 5.78 Å². The Bertz CT molecular complexity index is 738. The van der Waals surface area contributed by atoms with E-state index in [4.69, 9.17) is 0 Å². The molecule has 0 saturated heterocycles. The molecule has 1 heterocycles. The van der Waals surface area contributed by atoms with Crippen LogP contribution in [0.3, 0.4) is 0 Å². The Balaban J connectivity index is 1.95. The zero-order valence-electron chi connectivity index (χ0n) is 10.7. The SMILES string of the molecule is Cn1cnc(C(=O)Cc2cccc3ccccc23)c1. The molecule has 1 aromatic heterocycles. The number of nitrogens with zero attached hydrogens (tertiary/aromatic N) is 2. The molecule has 0 radical (unpaired) electrons. The van der Waals surface area contributed by atoms with E-state index in [0.717, 1.165) is 16.3 Å². The van der Waals surface area contributed by atoms with E-state index in [0.29, 0.717) is 12.1 Å². The maximum Gasteiger partial charge on any atom is 0.187 e. The molecule has 0 fully saturated rings. The molecular weight excluding hydrogens is 236 g/mol. The van der Waals surface area contributed by atoms with Gasteiger partial charge in [-0.3, -0.25) is 4.79 Å². The fourth-order valence-electron chi connectivity index (χ4n) is 2.27. The highest BCUT2D eigenvalue weighted by atomic mass is 16.1. The van der Waals surface area contributed by atoms with Crippen molar-refractivity contribution in [3.05, 3.63) is 66.2 Å². The second-order valence-electron chi connectivity index (χ2n) is 4.66. The molecule has 0 bridgehead atoms. The van der Waals surface area contributed by atoms with Crippen molar-refractivity contribution in [1.82, 2.24) is 9.55 Å². The van der Waals surface area contributed by atoms with Crippen molar-refractivity contribution >= 4 is 16.6 Å². The van der Waals surface area contributed by atoms with E-state index in [1.54, 1.807) is 17.1 Å². The van der Waals surface area contributed by atoms with Crippen molar-refractivity contribution < 1.29 is 4.79 Å². The summed E-state index contributed by atoms with van der Waals surface area (Å²) in [4.78, 5) is 16.3. The first-order chi connectivity index (χ1) is 9.24. The number of fused-ring (bicyclic) bond motifs is 1. The zero-order valence-corrected chi connectivity index (χ0v) is 10.7. The zero-order chi connectivity index (χ0) is 13.2. The number of aryl methyl sites for hydroxylation is 1. The van der Waals surface area contributed by atoms with E-state index in [2.05, 4.69) is 23.2 Å². The van der Waals surface area contributed by atoms with Crippen molar-refractivity contribution in [1.29, 1.82) is 0 Å². The molecule has 0 amide bonds. The highest BCUT2D eigenvalue weighted by Crippen LogP contribution is 2.19. The normalized spacial score (nSPS) is 10.8. The molecule has 3 nitrogen and oxygen atoms in total. The monoisotopic (exact) mass is 250 g/mol. The van der Waals surface area contributed by atoms with Gasteiger partial charge in [-0.25, -0.2) is 4.98 Å². The average molecular weight is 250 g/mol. The summed E-state index contributed by atoms with van der Waals surface area (Å²) in [6.07, 6.45) is 3.79. The Morgan fingerprint density at radius 2 is 1.95 bits per heavy atom. The quantitative estimate of drug-likeness (QED) is 0.670. The van der Waals surface area contributed by atoms with Gasteiger partial charge in [-0.05, 0) is 16.3 Å². The predicted molar refractivity (Wildman–Crippen MR) is 75.2 cm³/mol. The first-order valence-corrected chi connectivity index (χ1v) is 6.22. The lowest BCUT2D eigenvalue weighted by atomic mass is 10.00. The van der Waals surface area contributed by atoms with Crippen LogP contribution >= 0.6 is 0 Å². The van der Waals surface area contributed by atoms with Crippen LogP contribution in [0.25, 0.3) is 10.8 Å². The molecule has 94 valence electrons. The molecule has 0 atom stereocenters. The molecule has 0 unspecified atom stereocenters. The smallest absolute Gasteiger partial charge is 0.187 e. The van der Waals surface area contributed by atoms with Gasteiger partial charge in [-0.2, -0.15) is 0 Å². The van der Waals surface area contributed by atoms with Crippen molar-refractivity contribution in [2.75, 3.05) is 0 Å². The van der Waals surface area contributed by atoms with E-state index in [1.807, 2.05) is 31.3 Å². The van der Waals surface area contributed by atoms with E-state index < -0.39 is 0 Å². The Kier molecular flexibility index (Phi) is 2.88. The van der Waals surface area contributed by atoms with Gasteiger partial charge in [-0.15, -0.1) is 0 Å². The van der Waals surface area contributed by atoms with Gasteiger partial charge in [0.25, 0.3) is 0 Å². The van der Waals surface area contributed by atoms with Crippen LogP contribution in [0.2, 0.25) is 0 Å². The summed E-state index contributed by atoms with van der Waals surface area (Å²) < 4.78 is 1.79. The minimum Gasteiger partial charge on any atom is -0.340 e. The number of carbonyl (C=O) groups excluding carboxylic acids is 1. The molecule has 3 rings (SSSR count). The second-order valence-corrected chi connectivity index (χ2v) is 4.66. The molecule has 3 aromatic rings. The molecule has 0 spiro atoms. The maximum absolute atomic E-state index is 12.2. The Morgan fingerprint density at radius 3 is 2.74 bits per heavy atom. The third kappa shape index (κ3) is 2.27. The maximum atomic E-state index is 12.2. The lowest BCUT2D eigenvalue weighted by Crippen LogP contribution is -2.04. The predicted octanol–water partition coefficient (Wildman–Crippen LogP) is 3.00. The Morgan fingerprint density at radius 1 is 1.16 bits per heavy atom. The fourth-order valence-corrected chi connectivity index (χ4v) is 2.27. The third-order valence-corrected chi connectivity index (χ3v) is 3.22. The number of benzene rings is 2. The van der Waals surface area contributed by atoms with Crippen molar-refractivity contribution in [2.45, 2.75) is 6.42 Å². The van der Waals surface area contributed by atoms with Crippen molar-refractivity contribution in [3.8, 4) is 0 Å². The summed E-state index contributed by atoms with van der Waals surface area (Å²) in [5, 5.41) is 2.29. The van der Waals surface area contributed by atoms with E-state index >= 15 is 0 Å². The molecular formula is C16H14N2O. The lowest BCUT2D eigenvalue weighted by molar-refractivity contribution is 0.0989. The number of Topliss-reactive ketones (excluding diaryl/α,β-unsaturated/α-hetero) is 1. The molecule has 0 aliphatic rings. The number of rotatable bonds is 3. The average Bonchev–Trinajstić information content (AvgIpc) is 2.86. The van der Waals surface area contributed by atoms with Gasteiger partial charge in [0.15, 0.2) is 5.78 Å². The largest absolute Gasteiger partial charge is 0.340 e. The van der Waals surface area contributed by atoms with Crippen LogP contribution < -0.4 is 0 Å². The first kappa shape index (κ1) is 11.7. The van der Waals surface area contributed by atoms with Gasteiger partial charge in [-0.1, -0.05) is 42.5 Å². The van der Waals surface area contributed by atoms with Crippen LogP contribution in [0.15, 0.2) is 55.0 Å². The van der Waals surface area contributed by atoms with Gasteiger partial charge >= 0.3 is 0 Å². The van der Waals surface area contributed by atoms with Gasteiger partial charge in [0, 0.05) is 19.7 Å². The van der Waals surface area contributed by atoms with Gasteiger partial charge < -0.3 is 4.57 Å². The summed E-state index contributed by atoms with van der Waals surface area (Å²) in [7, 11) is 1.86. The fraction of sp³-hybridized carbons (Fsp3) is 0.125. The first-order valence-electron chi connectivity index (χ1n) is 6.22. The number of carbonyl (C=O) groups is 1. The summed E-state index contributed by atoms with van der Waals surface area (Å²) in [6.45, 7) is 0. The number of hydrogen-bond acceptors (Lipinski definition) is 2. The standard InChI is InChI=1S/C16H14N2O/c1-18-10-15(17-11-18)16(19)9-13-7-4-6-12-5-2-3-8-14(12)13/h2-8,10-11H,9H2,1H3. The molecule has 0 aliphatic carbocycles. The summed E-state index contributed by atoms with van der Waals surface area (Å²) in [5.74, 6) is 0.0527. The van der Waals surface area contributed by atoms with Gasteiger partial charge in [0.2, 0.25) is 0 Å². The summed E-state index contributed by atoms with van der Waals surface area (Å²) in [6, 6.07) is 14.2. The highest BCUT2D eigenvalue weighted by molar-refractivity contribution is 5.98. The third-order valence-electron chi connectivity index (χ3n) is 3.22. The van der Waals surface area contributed by atoms with Crippen LogP contribution in [-0.2, 0) is 13.5 Å². The number of hydrogen-bond donors (Lipinski definition) is 0. The molecule has 0 aliphatic heterocycles. The number of ketones is 1. The van der Waals surface area contributed by atoms with E-state index in [9.17, 15) is 4.79 Å². The van der Waals surface area contributed by atoms with Crippen LogP contribution in [0.5, 0.6) is 0 Å². The second kappa shape index (κ2) is 4.69. The van der Waals surface area contributed by atoms with E-state index in [1.165, 1.54) is 0 Å². The highest BCUT2D eigenvalue weighted by Gasteiger charge is 2.11. The van der Waals surface area contributed by atoms with Crippen molar-refractivity contribution in [3.63, 3.8) is 0 Å². The summed E-state index contributed by atoms with van der Waals surface area (Å²) >= 11 is 0. The minimum absolute atomic E-state index is 0.0527. The topological polar surface area (TPSA) is 34.9 Å². The molecule has 0 N–H and O–H groups in total. The van der Waals surface area contributed by atoms with Crippen LogP contribution in [0, 0.1) is 0 Å². The molecule has 0 saturated carbocycles. The molecule has 19 heavy (non-hydrogen) atoms. The number of imidazole rings is 1. The van der Waals surface area contributed by atoms with Gasteiger partial charge in [0.05, 0.1) is 6.33 Å². The van der Waals surface area contributed by atoms with Gasteiger partial charge in [0.1, 0.15) is 5.69 Å². The molecule has 2 aromatic carbocycles. The molecule has 3 heteroatoms. The number of aromatic nitrogens is 2. The van der Waals surface area contributed by atoms with Crippen molar-refractivity contribution in [2.24, 2.45) is 7.05 Å². The van der Waals surface area contributed by atoms with Crippen LogP contribution in [0.1, 0.15) is 16.1 Å². The lowest BCUT2D eigenvalue weighted by Gasteiger charge is -2.04. The minimum atomic E-state index is 0.0527. The Hall–Kier alpha value is -2.42. The van der Waals surface area contributed by atoms with Crippen LogP contribution in [0.4, 0.5) is 0 Å². The summed E-state index contributed by atoms with van der Waals surface area (Å²) in [5.41, 5.74) is 1.57. The van der Waals surface area contributed by atoms with Crippen LogP contribution in [-0.4, -0.2) is 15.3 Å². The Labute approximate surface area is 111 Å².